The van der Waals surface area contributed by atoms with Gasteiger partial charge in [0.25, 0.3) is 0 Å². The van der Waals surface area contributed by atoms with Crippen molar-refractivity contribution in [3.05, 3.63) is 58.1 Å². The third-order valence-electron chi connectivity index (χ3n) is 2.64. The molecule has 0 atom stereocenters. The van der Waals surface area contributed by atoms with E-state index in [-0.39, 0.29) is 0 Å². The van der Waals surface area contributed by atoms with Crippen LogP contribution in [0, 0.1) is 6.92 Å². The Labute approximate surface area is 116 Å². The number of ether oxygens (including phenoxy) is 2. The van der Waals surface area contributed by atoms with E-state index < -0.39 is 0 Å². The molecular formula is C15H15BrO2. The van der Waals surface area contributed by atoms with Gasteiger partial charge in [-0.25, -0.2) is 0 Å². The molecule has 0 N–H and O–H groups in total. The lowest BCUT2D eigenvalue weighted by Gasteiger charge is -2.09. The lowest BCUT2D eigenvalue weighted by Crippen LogP contribution is -1.97. The molecule has 2 nitrogen and oxygen atoms in total. The van der Waals surface area contributed by atoms with E-state index in [0.29, 0.717) is 6.61 Å². The van der Waals surface area contributed by atoms with Crippen molar-refractivity contribution in [1.29, 1.82) is 0 Å². The molecule has 94 valence electrons. The highest BCUT2D eigenvalue weighted by atomic mass is 79.9. The Morgan fingerprint density at radius 1 is 1.06 bits per heavy atom. The maximum atomic E-state index is 5.75. The van der Waals surface area contributed by atoms with E-state index in [1.54, 1.807) is 7.11 Å². The molecule has 0 aliphatic carbocycles. The minimum atomic E-state index is 0.536. The molecule has 2 aromatic rings. The van der Waals surface area contributed by atoms with Gasteiger partial charge < -0.3 is 9.47 Å². The zero-order valence-electron chi connectivity index (χ0n) is 10.4. The van der Waals surface area contributed by atoms with Gasteiger partial charge in [-0.3, -0.25) is 0 Å². The number of aryl methyl sites for hydroxylation is 1. The van der Waals surface area contributed by atoms with Crippen molar-refractivity contribution >= 4 is 15.9 Å². The van der Waals surface area contributed by atoms with Crippen LogP contribution < -0.4 is 9.47 Å². The molecule has 0 bridgehead atoms. The summed E-state index contributed by atoms with van der Waals surface area (Å²) in [6.07, 6.45) is 0. The number of hydrogen-bond donors (Lipinski definition) is 0. The Hall–Kier alpha value is -1.48. The van der Waals surface area contributed by atoms with E-state index in [1.165, 1.54) is 5.56 Å². The first-order valence-corrected chi connectivity index (χ1v) is 6.50. The Morgan fingerprint density at radius 2 is 1.83 bits per heavy atom. The van der Waals surface area contributed by atoms with Crippen LogP contribution in [-0.4, -0.2) is 7.11 Å². The van der Waals surface area contributed by atoms with E-state index >= 15 is 0 Å². The predicted molar refractivity (Wildman–Crippen MR) is 76.2 cm³/mol. The molecule has 0 heterocycles. The van der Waals surface area contributed by atoms with Gasteiger partial charge in [0.15, 0.2) is 0 Å². The van der Waals surface area contributed by atoms with Crippen LogP contribution in [0.25, 0.3) is 0 Å². The first-order chi connectivity index (χ1) is 8.69. The quantitative estimate of drug-likeness (QED) is 0.836. The van der Waals surface area contributed by atoms with Crippen LogP contribution in [0.3, 0.4) is 0 Å². The number of hydrogen-bond acceptors (Lipinski definition) is 2. The molecule has 0 fully saturated rings. The predicted octanol–water partition coefficient (Wildman–Crippen LogP) is 4.35. The summed E-state index contributed by atoms with van der Waals surface area (Å²) in [6, 6.07) is 13.8. The van der Waals surface area contributed by atoms with Crippen LogP contribution >= 0.6 is 15.9 Å². The Morgan fingerprint density at radius 3 is 2.56 bits per heavy atom. The summed E-state index contributed by atoms with van der Waals surface area (Å²) in [6.45, 7) is 2.60. The zero-order chi connectivity index (χ0) is 13.0. The Balaban J connectivity index is 2.06. The van der Waals surface area contributed by atoms with Crippen molar-refractivity contribution in [1.82, 2.24) is 0 Å². The summed E-state index contributed by atoms with van der Waals surface area (Å²) in [7, 11) is 1.65. The van der Waals surface area contributed by atoms with Crippen LogP contribution in [0.1, 0.15) is 11.1 Å². The highest BCUT2D eigenvalue weighted by Crippen LogP contribution is 2.23. The van der Waals surface area contributed by atoms with Gasteiger partial charge in [-0.2, -0.15) is 0 Å². The van der Waals surface area contributed by atoms with Gasteiger partial charge in [0, 0.05) is 16.1 Å². The van der Waals surface area contributed by atoms with Crippen LogP contribution in [-0.2, 0) is 6.61 Å². The van der Waals surface area contributed by atoms with Crippen LogP contribution in [0.2, 0.25) is 0 Å². The average Bonchev–Trinajstić information content (AvgIpc) is 2.38. The monoisotopic (exact) mass is 306 g/mol. The Kier molecular flexibility index (Phi) is 4.26. The molecule has 2 aromatic carbocycles. The minimum absolute atomic E-state index is 0.536. The maximum absolute atomic E-state index is 5.75. The normalized spacial score (nSPS) is 10.2. The summed E-state index contributed by atoms with van der Waals surface area (Å²) >= 11 is 3.54. The lowest BCUT2D eigenvalue weighted by molar-refractivity contribution is 0.303. The third kappa shape index (κ3) is 3.26. The fraction of sp³-hybridized carbons (Fsp3) is 0.200. The molecule has 0 aliphatic heterocycles. The highest BCUT2D eigenvalue weighted by Gasteiger charge is 2.02. The lowest BCUT2D eigenvalue weighted by atomic mass is 10.2. The Bertz CT molecular complexity index is 538. The van der Waals surface area contributed by atoms with Crippen molar-refractivity contribution in [2.75, 3.05) is 7.11 Å². The van der Waals surface area contributed by atoms with Crippen molar-refractivity contribution in [3.63, 3.8) is 0 Å². The second-order valence-corrected chi connectivity index (χ2v) is 4.92. The van der Waals surface area contributed by atoms with Crippen molar-refractivity contribution in [3.8, 4) is 11.5 Å². The van der Waals surface area contributed by atoms with Gasteiger partial charge in [0.05, 0.1) is 7.11 Å². The van der Waals surface area contributed by atoms with E-state index in [9.17, 15) is 0 Å². The second-order valence-electron chi connectivity index (χ2n) is 4.06. The van der Waals surface area contributed by atoms with E-state index in [4.69, 9.17) is 9.47 Å². The van der Waals surface area contributed by atoms with Gasteiger partial charge in [0.1, 0.15) is 18.1 Å². The molecule has 0 unspecified atom stereocenters. The summed E-state index contributed by atoms with van der Waals surface area (Å²) < 4.78 is 12.0. The smallest absolute Gasteiger partial charge is 0.123 e. The van der Waals surface area contributed by atoms with Crippen molar-refractivity contribution < 1.29 is 9.47 Å². The molecule has 0 radical (unpaired) electrons. The fourth-order valence-corrected chi connectivity index (χ4v) is 2.23. The van der Waals surface area contributed by atoms with E-state index in [0.717, 1.165) is 21.5 Å². The van der Waals surface area contributed by atoms with Gasteiger partial charge in [0.2, 0.25) is 0 Å². The molecule has 2 rings (SSSR count). The fourth-order valence-electron chi connectivity index (χ4n) is 1.62. The summed E-state index contributed by atoms with van der Waals surface area (Å²) in [5.41, 5.74) is 2.36. The number of rotatable bonds is 4. The molecule has 0 amide bonds. The number of halogens is 1. The molecule has 3 heteroatoms. The van der Waals surface area contributed by atoms with Gasteiger partial charge >= 0.3 is 0 Å². The van der Waals surface area contributed by atoms with Crippen molar-refractivity contribution in [2.24, 2.45) is 0 Å². The second kappa shape index (κ2) is 5.91. The van der Waals surface area contributed by atoms with Gasteiger partial charge in [-0.05, 0) is 30.7 Å². The SMILES string of the molecule is COc1cccc(OCc2ccc(C)cc2Br)c1. The van der Waals surface area contributed by atoms with Gasteiger partial charge in [-0.15, -0.1) is 0 Å². The van der Waals surface area contributed by atoms with Crippen molar-refractivity contribution in [2.45, 2.75) is 13.5 Å². The summed E-state index contributed by atoms with van der Waals surface area (Å²) in [5.74, 6) is 1.61. The number of benzene rings is 2. The van der Waals surface area contributed by atoms with Gasteiger partial charge in [-0.1, -0.05) is 34.1 Å². The molecule has 0 aromatic heterocycles. The zero-order valence-corrected chi connectivity index (χ0v) is 12.0. The first-order valence-electron chi connectivity index (χ1n) is 5.71. The van der Waals surface area contributed by atoms with Crippen LogP contribution in [0.5, 0.6) is 11.5 Å². The first kappa shape index (κ1) is 13.0. The summed E-state index contributed by atoms with van der Waals surface area (Å²) in [5, 5.41) is 0. The third-order valence-corrected chi connectivity index (χ3v) is 3.38. The molecule has 0 spiro atoms. The molecule has 18 heavy (non-hydrogen) atoms. The van der Waals surface area contributed by atoms with Crippen LogP contribution in [0.4, 0.5) is 0 Å². The molecule has 0 aliphatic rings. The minimum Gasteiger partial charge on any atom is -0.497 e. The average molecular weight is 307 g/mol. The highest BCUT2D eigenvalue weighted by molar-refractivity contribution is 9.10. The molecule has 0 saturated carbocycles. The maximum Gasteiger partial charge on any atom is 0.123 e. The largest absolute Gasteiger partial charge is 0.497 e. The molecule has 0 saturated heterocycles. The standard InChI is InChI=1S/C15H15BrO2/c1-11-6-7-12(15(16)8-11)10-18-14-5-3-4-13(9-14)17-2/h3-9H,10H2,1-2H3. The number of methoxy groups -OCH3 is 1. The van der Waals surface area contributed by atoms with Crippen LogP contribution in [0.15, 0.2) is 46.9 Å². The topological polar surface area (TPSA) is 18.5 Å². The summed E-state index contributed by atoms with van der Waals surface area (Å²) in [4.78, 5) is 0. The van der Waals surface area contributed by atoms with E-state index in [1.807, 2.05) is 24.3 Å². The van der Waals surface area contributed by atoms with E-state index in [2.05, 4.69) is 41.1 Å². The molecular weight excluding hydrogens is 292 g/mol.